The number of hydrogen-bond donors (Lipinski definition) is 2. The molecule has 0 bridgehead atoms. The lowest BCUT2D eigenvalue weighted by molar-refractivity contribution is 0.310. The third-order valence-corrected chi connectivity index (χ3v) is 4.60. The van der Waals surface area contributed by atoms with Gasteiger partial charge in [0, 0.05) is 6.54 Å². The summed E-state index contributed by atoms with van der Waals surface area (Å²) in [6.45, 7) is 8.00. The lowest BCUT2D eigenvalue weighted by Gasteiger charge is -2.24. The Morgan fingerprint density at radius 1 is 1.17 bits per heavy atom. The van der Waals surface area contributed by atoms with Gasteiger partial charge in [0.25, 0.3) is 0 Å². The fraction of sp³-hybridized carbons (Fsp3) is 1.00. The van der Waals surface area contributed by atoms with Gasteiger partial charge in [-0.15, -0.1) is 0 Å². The van der Waals surface area contributed by atoms with Crippen molar-refractivity contribution in [2.75, 3.05) is 19.6 Å². The smallest absolute Gasteiger partial charge is 0.000516 e. The van der Waals surface area contributed by atoms with Crippen LogP contribution in [0.25, 0.3) is 0 Å². The normalized spacial score (nSPS) is 20.2. The molecular formula is C16H34N2. The van der Waals surface area contributed by atoms with E-state index < -0.39 is 0 Å². The van der Waals surface area contributed by atoms with Crippen molar-refractivity contribution in [3.8, 4) is 0 Å². The van der Waals surface area contributed by atoms with Gasteiger partial charge in [-0.1, -0.05) is 39.5 Å². The first-order valence-electron chi connectivity index (χ1n) is 8.11. The highest BCUT2D eigenvalue weighted by Crippen LogP contribution is 2.36. The molecular weight excluding hydrogens is 220 g/mol. The second-order valence-corrected chi connectivity index (χ2v) is 6.57. The number of hydrogen-bond acceptors (Lipinski definition) is 2. The molecule has 108 valence electrons. The van der Waals surface area contributed by atoms with Crippen LogP contribution in [0.3, 0.4) is 0 Å². The molecule has 1 rings (SSSR count). The SMILES string of the molecule is CCCC(CCN)CCCNCC1(C)CCCC1. The largest absolute Gasteiger partial charge is 0.330 e. The van der Waals surface area contributed by atoms with E-state index in [1.165, 1.54) is 70.9 Å². The van der Waals surface area contributed by atoms with Crippen molar-refractivity contribution >= 4 is 0 Å². The number of rotatable bonds is 10. The molecule has 1 saturated carbocycles. The topological polar surface area (TPSA) is 38.0 Å². The van der Waals surface area contributed by atoms with E-state index in [-0.39, 0.29) is 0 Å². The van der Waals surface area contributed by atoms with Gasteiger partial charge < -0.3 is 11.1 Å². The van der Waals surface area contributed by atoms with Gasteiger partial charge in [0.2, 0.25) is 0 Å². The van der Waals surface area contributed by atoms with Crippen molar-refractivity contribution in [1.82, 2.24) is 5.32 Å². The predicted octanol–water partition coefficient (Wildman–Crippen LogP) is 3.70. The van der Waals surface area contributed by atoms with E-state index in [2.05, 4.69) is 19.2 Å². The molecule has 1 unspecified atom stereocenters. The summed E-state index contributed by atoms with van der Waals surface area (Å²) in [6, 6.07) is 0. The summed E-state index contributed by atoms with van der Waals surface area (Å²) >= 11 is 0. The molecule has 0 heterocycles. The Labute approximate surface area is 114 Å². The molecule has 1 fully saturated rings. The molecule has 0 aromatic carbocycles. The van der Waals surface area contributed by atoms with Gasteiger partial charge in [0.15, 0.2) is 0 Å². The van der Waals surface area contributed by atoms with E-state index in [4.69, 9.17) is 5.73 Å². The maximum atomic E-state index is 5.67. The molecule has 0 amide bonds. The zero-order chi connectivity index (χ0) is 13.3. The highest BCUT2D eigenvalue weighted by Gasteiger charge is 2.27. The fourth-order valence-electron chi connectivity index (χ4n) is 3.39. The average molecular weight is 254 g/mol. The summed E-state index contributed by atoms with van der Waals surface area (Å²) in [4.78, 5) is 0. The lowest BCUT2D eigenvalue weighted by atomic mass is 9.89. The third-order valence-electron chi connectivity index (χ3n) is 4.60. The van der Waals surface area contributed by atoms with Crippen LogP contribution in [-0.2, 0) is 0 Å². The van der Waals surface area contributed by atoms with Crippen LogP contribution in [0.4, 0.5) is 0 Å². The van der Waals surface area contributed by atoms with Gasteiger partial charge in [-0.2, -0.15) is 0 Å². The highest BCUT2D eigenvalue weighted by atomic mass is 14.9. The van der Waals surface area contributed by atoms with Crippen molar-refractivity contribution in [2.45, 2.75) is 71.6 Å². The molecule has 0 saturated heterocycles. The summed E-state index contributed by atoms with van der Waals surface area (Å²) in [7, 11) is 0. The predicted molar refractivity (Wildman–Crippen MR) is 80.7 cm³/mol. The summed E-state index contributed by atoms with van der Waals surface area (Å²) in [5, 5.41) is 3.68. The monoisotopic (exact) mass is 254 g/mol. The molecule has 0 aromatic heterocycles. The third kappa shape index (κ3) is 6.19. The molecule has 2 heteroatoms. The fourth-order valence-corrected chi connectivity index (χ4v) is 3.39. The minimum absolute atomic E-state index is 0.597. The van der Waals surface area contributed by atoms with Gasteiger partial charge in [0.1, 0.15) is 0 Å². The summed E-state index contributed by atoms with van der Waals surface area (Å²) in [5.74, 6) is 0.865. The summed E-state index contributed by atoms with van der Waals surface area (Å²) in [6.07, 6.45) is 12.3. The van der Waals surface area contributed by atoms with Crippen molar-refractivity contribution in [2.24, 2.45) is 17.1 Å². The lowest BCUT2D eigenvalue weighted by Crippen LogP contribution is -2.30. The van der Waals surface area contributed by atoms with E-state index in [0.29, 0.717) is 5.41 Å². The molecule has 18 heavy (non-hydrogen) atoms. The van der Waals surface area contributed by atoms with Crippen LogP contribution in [0, 0.1) is 11.3 Å². The zero-order valence-electron chi connectivity index (χ0n) is 12.6. The molecule has 0 spiro atoms. The molecule has 3 N–H and O–H groups in total. The molecule has 2 nitrogen and oxygen atoms in total. The van der Waals surface area contributed by atoms with Crippen LogP contribution < -0.4 is 11.1 Å². The standard InChI is InChI=1S/C16H34N2/c1-3-7-15(9-12-17)8-6-13-18-14-16(2)10-4-5-11-16/h15,18H,3-14,17H2,1-2H3. The van der Waals surface area contributed by atoms with Gasteiger partial charge in [-0.25, -0.2) is 0 Å². The first kappa shape index (κ1) is 16.0. The van der Waals surface area contributed by atoms with Gasteiger partial charge in [-0.05, 0) is 56.5 Å². The Balaban J connectivity index is 2.02. The Morgan fingerprint density at radius 2 is 1.89 bits per heavy atom. The summed E-state index contributed by atoms with van der Waals surface area (Å²) in [5.41, 5.74) is 6.27. The first-order valence-corrected chi connectivity index (χ1v) is 8.11. The van der Waals surface area contributed by atoms with E-state index in [1.807, 2.05) is 0 Å². The van der Waals surface area contributed by atoms with Crippen LogP contribution in [0.2, 0.25) is 0 Å². The van der Waals surface area contributed by atoms with E-state index in [9.17, 15) is 0 Å². The summed E-state index contributed by atoms with van der Waals surface area (Å²) < 4.78 is 0. The van der Waals surface area contributed by atoms with Crippen molar-refractivity contribution in [1.29, 1.82) is 0 Å². The Morgan fingerprint density at radius 3 is 2.50 bits per heavy atom. The highest BCUT2D eigenvalue weighted by molar-refractivity contribution is 4.82. The minimum Gasteiger partial charge on any atom is -0.330 e. The molecule has 0 radical (unpaired) electrons. The Hall–Kier alpha value is -0.0800. The van der Waals surface area contributed by atoms with Crippen LogP contribution >= 0.6 is 0 Å². The molecule has 1 atom stereocenters. The maximum absolute atomic E-state index is 5.67. The second-order valence-electron chi connectivity index (χ2n) is 6.57. The molecule has 0 aliphatic heterocycles. The van der Waals surface area contributed by atoms with Crippen molar-refractivity contribution in [3.05, 3.63) is 0 Å². The van der Waals surface area contributed by atoms with Crippen LogP contribution in [0.1, 0.15) is 71.6 Å². The second kappa shape index (κ2) is 8.92. The average Bonchev–Trinajstić information content (AvgIpc) is 2.76. The number of nitrogens with one attached hydrogen (secondary N) is 1. The Kier molecular flexibility index (Phi) is 7.92. The van der Waals surface area contributed by atoms with Crippen LogP contribution in [0.15, 0.2) is 0 Å². The van der Waals surface area contributed by atoms with E-state index in [1.54, 1.807) is 0 Å². The van der Waals surface area contributed by atoms with Crippen LogP contribution in [-0.4, -0.2) is 19.6 Å². The van der Waals surface area contributed by atoms with Crippen molar-refractivity contribution < 1.29 is 0 Å². The number of nitrogens with two attached hydrogens (primary N) is 1. The maximum Gasteiger partial charge on any atom is 0.000516 e. The first-order chi connectivity index (χ1) is 8.70. The molecule has 1 aliphatic carbocycles. The van der Waals surface area contributed by atoms with E-state index >= 15 is 0 Å². The van der Waals surface area contributed by atoms with Crippen molar-refractivity contribution in [3.63, 3.8) is 0 Å². The quantitative estimate of drug-likeness (QED) is 0.583. The van der Waals surface area contributed by atoms with E-state index in [0.717, 1.165) is 12.5 Å². The Bertz CT molecular complexity index is 191. The van der Waals surface area contributed by atoms with Gasteiger partial charge >= 0.3 is 0 Å². The van der Waals surface area contributed by atoms with Crippen LogP contribution in [0.5, 0.6) is 0 Å². The molecule has 0 aromatic rings. The minimum atomic E-state index is 0.597. The van der Waals surface area contributed by atoms with Gasteiger partial charge in [0.05, 0.1) is 0 Å². The molecule has 1 aliphatic rings. The van der Waals surface area contributed by atoms with Gasteiger partial charge in [-0.3, -0.25) is 0 Å². The zero-order valence-corrected chi connectivity index (χ0v) is 12.6.